The summed E-state index contributed by atoms with van der Waals surface area (Å²) in [6.45, 7) is 2.06. The number of urea groups is 1. The zero-order valence-corrected chi connectivity index (χ0v) is 17.1. The van der Waals surface area contributed by atoms with E-state index in [9.17, 15) is 26.4 Å². The molecule has 3 aliphatic heterocycles. The number of nitrogens with one attached hydrogen (secondary N) is 2. The molecule has 3 amide bonds. The van der Waals surface area contributed by atoms with Crippen molar-refractivity contribution in [3.63, 3.8) is 0 Å². The summed E-state index contributed by atoms with van der Waals surface area (Å²) in [6.07, 6.45) is 0.463. The molecule has 3 rings (SSSR count). The second-order valence-electron chi connectivity index (χ2n) is 6.94. The highest BCUT2D eigenvalue weighted by Crippen LogP contribution is 2.31. The van der Waals surface area contributed by atoms with Crippen LogP contribution in [-0.2, 0) is 29.7 Å². The van der Waals surface area contributed by atoms with Crippen molar-refractivity contribution in [3.8, 4) is 0 Å². The van der Waals surface area contributed by atoms with Gasteiger partial charge in [-0.3, -0.25) is 19.5 Å². The molecule has 0 aromatic heterocycles. The van der Waals surface area contributed by atoms with E-state index in [0.29, 0.717) is 5.06 Å². The molecule has 3 N–H and O–H groups in total. The van der Waals surface area contributed by atoms with Gasteiger partial charge in [0.2, 0.25) is 5.91 Å². The Bertz CT molecular complexity index is 914. The summed E-state index contributed by atoms with van der Waals surface area (Å²) >= 11 is 0. The molecular formula is C13H22N6O8S2. The Morgan fingerprint density at radius 2 is 1.79 bits per heavy atom. The standard InChI is InChI=1S/C13H22N6O8S2/c1-9(20)16-4-6-17(7-5-16)28(22,23)15-12(14)11-3-2-10-8-18(11)13(21)19(10)27-29(24,25)26/h10-11H,2-8H2,1H3,(H2,14,15)(H,24,25,26)/t10-,11+/m1/s1. The molecule has 0 saturated carbocycles. The van der Waals surface area contributed by atoms with Crippen molar-refractivity contribution in [3.05, 3.63) is 0 Å². The first-order valence-corrected chi connectivity index (χ1v) is 11.6. The second kappa shape index (κ2) is 7.67. The van der Waals surface area contributed by atoms with Crippen LogP contribution < -0.4 is 4.72 Å². The van der Waals surface area contributed by atoms with Crippen LogP contribution in [0, 0.1) is 5.41 Å². The number of hydroxylamine groups is 2. The molecule has 164 valence electrons. The van der Waals surface area contributed by atoms with Crippen molar-refractivity contribution in [2.75, 3.05) is 32.7 Å². The molecule has 3 heterocycles. The van der Waals surface area contributed by atoms with Crippen LogP contribution >= 0.6 is 0 Å². The number of amides is 3. The topological polar surface area (TPSA) is 181 Å². The molecule has 16 heteroatoms. The summed E-state index contributed by atoms with van der Waals surface area (Å²) in [4.78, 5) is 26.4. The normalized spacial score (nSPS) is 26.0. The highest BCUT2D eigenvalue weighted by molar-refractivity contribution is 7.87. The average Bonchev–Trinajstić information content (AvgIpc) is 2.85. The van der Waals surface area contributed by atoms with Crippen LogP contribution in [0.2, 0.25) is 0 Å². The lowest BCUT2D eigenvalue weighted by Crippen LogP contribution is -2.57. The summed E-state index contributed by atoms with van der Waals surface area (Å²) < 4.78 is 63.4. The van der Waals surface area contributed by atoms with Crippen LogP contribution in [0.4, 0.5) is 4.79 Å². The van der Waals surface area contributed by atoms with Gasteiger partial charge in [0.15, 0.2) is 0 Å². The van der Waals surface area contributed by atoms with Gasteiger partial charge in [-0.25, -0.2) is 4.79 Å². The maximum atomic E-state index is 12.6. The van der Waals surface area contributed by atoms with Crippen LogP contribution in [0.15, 0.2) is 0 Å². The second-order valence-corrected chi connectivity index (χ2v) is 9.61. The van der Waals surface area contributed by atoms with Crippen molar-refractivity contribution in [2.24, 2.45) is 0 Å². The summed E-state index contributed by atoms with van der Waals surface area (Å²) in [5.41, 5.74) is 0. The number of hydrogen-bond donors (Lipinski definition) is 3. The Hall–Kier alpha value is -2.01. The average molecular weight is 454 g/mol. The van der Waals surface area contributed by atoms with Gasteiger partial charge in [0, 0.05) is 39.6 Å². The largest absolute Gasteiger partial charge is 0.418 e. The van der Waals surface area contributed by atoms with Gasteiger partial charge in [-0.1, -0.05) is 0 Å². The predicted molar refractivity (Wildman–Crippen MR) is 97.0 cm³/mol. The molecule has 0 aromatic carbocycles. The van der Waals surface area contributed by atoms with E-state index >= 15 is 0 Å². The molecule has 3 aliphatic rings. The summed E-state index contributed by atoms with van der Waals surface area (Å²) in [5.74, 6) is -0.580. The number of carbonyl (C=O) groups is 2. The molecule has 0 aliphatic carbocycles. The zero-order valence-electron chi connectivity index (χ0n) is 15.5. The Morgan fingerprint density at radius 1 is 1.17 bits per heavy atom. The lowest BCUT2D eigenvalue weighted by Gasteiger charge is -2.35. The monoisotopic (exact) mass is 454 g/mol. The van der Waals surface area contributed by atoms with Crippen LogP contribution in [0.3, 0.4) is 0 Å². The van der Waals surface area contributed by atoms with E-state index in [2.05, 4.69) is 9.01 Å². The first-order chi connectivity index (χ1) is 13.4. The number of carbonyl (C=O) groups excluding carboxylic acids is 2. The predicted octanol–water partition coefficient (Wildman–Crippen LogP) is -2.03. The van der Waals surface area contributed by atoms with E-state index < -0.39 is 44.6 Å². The molecular weight excluding hydrogens is 432 g/mol. The van der Waals surface area contributed by atoms with Gasteiger partial charge in [-0.05, 0) is 12.8 Å². The number of hydrogen-bond acceptors (Lipinski definition) is 8. The van der Waals surface area contributed by atoms with E-state index in [-0.39, 0.29) is 51.5 Å². The quantitative estimate of drug-likeness (QED) is 0.241. The van der Waals surface area contributed by atoms with E-state index in [1.807, 2.05) is 0 Å². The van der Waals surface area contributed by atoms with Gasteiger partial charge in [-0.2, -0.15) is 26.2 Å². The molecule has 3 fully saturated rings. The van der Waals surface area contributed by atoms with E-state index in [4.69, 9.17) is 9.96 Å². The fourth-order valence-corrected chi connectivity index (χ4v) is 5.22. The smallest absolute Gasteiger partial charge is 0.340 e. The van der Waals surface area contributed by atoms with E-state index in [1.165, 1.54) is 11.8 Å². The number of piperidine rings is 1. The van der Waals surface area contributed by atoms with Gasteiger partial charge >= 0.3 is 26.6 Å². The number of amidine groups is 1. The minimum atomic E-state index is -4.89. The highest BCUT2D eigenvalue weighted by atomic mass is 32.3. The Morgan fingerprint density at radius 3 is 2.34 bits per heavy atom. The first-order valence-electron chi connectivity index (χ1n) is 8.78. The SMILES string of the molecule is CC(=O)N1CCN(S(=O)(=O)NC(=N)[C@@H]2CC[C@@H]3CN2C(=O)N3OS(=O)(=O)O)CC1. The molecule has 0 spiro atoms. The zero-order chi connectivity index (χ0) is 21.6. The third kappa shape index (κ3) is 4.61. The summed E-state index contributed by atoms with van der Waals surface area (Å²) in [5, 5.41) is 8.68. The van der Waals surface area contributed by atoms with Crippen molar-refractivity contribution in [1.29, 1.82) is 5.41 Å². The van der Waals surface area contributed by atoms with Gasteiger partial charge in [-0.15, -0.1) is 4.28 Å². The summed E-state index contributed by atoms with van der Waals surface area (Å²) in [7, 11) is -8.95. The number of piperazine rings is 1. The number of nitrogens with zero attached hydrogens (tertiary/aromatic N) is 4. The molecule has 0 unspecified atom stereocenters. The molecule has 0 aromatic rings. The number of rotatable bonds is 5. The fraction of sp³-hybridized carbons (Fsp3) is 0.769. The van der Waals surface area contributed by atoms with Gasteiger partial charge in [0.1, 0.15) is 5.84 Å². The minimum Gasteiger partial charge on any atom is -0.340 e. The van der Waals surface area contributed by atoms with Crippen LogP contribution in [-0.4, -0.2) is 103 Å². The van der Waals surface area contributed by atoms with Crippen molar-refractivity contribution in [1.82, 2.24) is 23.9 Å². The maximum Gasteiger partial charge on any atom is 0.418 e. The maximum absolute atomic E-state index is 12.6. The molecule has 14 nitrogen and oxygen atoms in total. The molecule has 0 radical (unpaired) electrons. The van der Waals surface area contributed by atoms with Crippen LogP contribution in [0.25, 0.3) is 0 Å². The molecule has 29 heavy (non-hydrogen) atoms. The Kier molecular flexibility index (Phi) is 5.74. The van der Waals surface area contributed by atoms with Gasteiger partial charge in [0.25, 0.3) is 0 Å². The van der Waals surface area contributed by atoms with Crippen molar-refractivity contribution < 1.29 is 35.3 Å². The minimum absolute atomic E-state index is 0.0282. The van der Waals surface area contributed by atoms with Crippen LogP contribution in [0.5, 0.6) is 0 Å². The lowest BCUT2D eigenvalue weighted by molar-refractivity contribution is -0.129. The molecule has 2 bridgehead atoms. The third-order valence-electron chi connectivity index (χ3n) is 5.09. The molecule has 2 atom stereocenters. The van der Waals surface area contributed by atoms with Crippen LogP contribution in [0.1, 0.15) is 19.8 Å². The van der Waals surface area contributed by atoms with E-state index in [1.54, 1.807) is 0 Å². The Balaban J connectivity index is 1.64. The molecule has 3 saturated heterocycles. The number of fused-ring (bicyclic) bond motifs is 2. The lowest BCUT2D eigenvalue weighted by atomic mass is 10.0. The Labute approximate surface area is 168 Å². The van der Waals surface area contributed by atoms with E-state index in [0.717, 1.165) is 9.21 Å². The highest BCUT2D eigenvalue weighted by Gasteiger charge is 2.49. The van der Waals surface area contributed by atoms with Crippen molar-refractivity contribution >= 4 is 38.4 Å². The van der Waals surface area contributed by atoms with Gasteiger partial charge in [0.05, 0.1) is 12.1 Å². The van der Waals surface area contributed by atoms with Crippen molar-refractivity contribution in [2.45, 2.75) is 31.8 Å². The summed E-state index contributed by atoms with van der Waals surface area (Å²) in [6, 6.07) is -2.43. The third-order valence-corrected chi connectivity index (χ3v) is 6.97. The fourth-order valence-electron chi connectivity index (χ4n) is 3.65. The first kappa shape index (κ1) is 21.7. The van der Waals surface area contributed by atoms with Gasteiger partial charge < -0.3 is 9.80 Å².